The van der Waals surface area contributed by atoms with Crippen LogP contribution in [0.3, 0.4) is 0 Å². The van der Waals surface area contributed by atoms with Crippen molar-refractivity contribution in [3.05, 3.63) is 22.2 Å². The lowest BCUT2D eigenvalue weighted by Gasteiger charge is -2.33. The molecule has 8 heteroatoms. The molecule has 0 saturated carbocycles. The number of methoxy groups -OCH3 is 1. The molecule has 1 aliphatic rings. The Hall–Kier alpha value is -1.48. The number of hydrogen-bond donors (Lipinski definition) is 1. The Kier molecular flexibility index (Phi) is 7.48. The number of ether oxygens (including phenoxy) is 4. The Morgan fingerprint density at radius 2 is 1.83 bits per heavy atom. The summed E-state index contributed by atoms with van der Waals surface area (Å²) in [6.07, 6.45) is 0.697. The van der Waals surface area contributed by atoms with Gasteiger partial charge in [-0.15, -0.1) is 0 Å². The fourth-order valence-corrected chi connectivity index (χ4v) is 3.46. The van der Waals surface area contributed by atoms with Crippen molar-refractivity contribution in [3.8, 4) is 0 Å². The normalized spacial score (nSPS) is 25.5. The first-order valence-electron chi connectivity index (χ1n) is 10.1. The molecule has 29 heavy (non-hydrogen) atoms. The van der Waals surface area contributed by atoms with Gasteiger partial charge in [-0.2, -0.15) is 4.98 Å². The molecule has 0 bridgehead atoms. The third-order valence-electron chi connectivity index (χ3n) is 4.63. The highest BCUT2D eigenvalue weighted by Gasteiger charge is 2.49. The van der Waals surface area contributed by atoms with Gasteiger partial charge >= 0.3 is 5.69 Å². The molecular formula is C21H37N3O5. The molecule has 1 aliphatic heterocycles. The Labute approximate surface area is 173 Å². The largest absolute Gasteiger partial charge is 0.383 e. The number of nitrogen functional groups attached to an aromatic ring is 1. The molecule has 2 rings (SSSR count). The average Bonchev–Trinajstić information content (AvgIpc) is 2.85. The standard InChI is InChI=1S/C21H37N3O5/c1-13-12-24(19(25)23-17(13)22)18-16(27-10-9-26-8)15(29-21(5,6)7)14(28-18)11-20(2,3)4/h12,14-16,18H,9-11H2,1-8H3,(H2,22,23,25)/t14-,15?,16+,18-/m1/s1. The van der Waals surface area contributed by atoms with Crippen molar-refractivity contribution in [2.24, 2.45) is 5.41 Å². The zero-order valence-electron chi connectivity index (χ0n) is 19.0. The molecule has 8 nitrogen and oxygen atoms in total. The molecule has 0 spiro atoms. The van der Waals surface area contributed by atoms with E-state index in [1.54, 1.807) is 13.3 Å². The molecule has 2 heterocycles. The molecule has 166 valence electrons. The van der Waals surface area contributed by atoms with Gasteiger partial charge in [0.1, 0.15) is 18.0 Å². The maximum Gasteiger partial charge on any atom is 0.351 e. The number of anilines is 1. The molecule has 0 aromatic carbocycles. The molecule has 1 fully saturated rings. The summed E-state index contributed by atoms with van der Waals surface area (Å²) in [5.74, 6) is 0.217. The fraction of sp³-hybridized carbons (Fsp3) is 0.810. The van der Waals surface area contributed by atoms with Crippen LogP contribution in [0.5, 0.6) is 0 Å². The lowest BCUT2D eigenvalue weighted by molar-refractivity contribution is -0.134. The first kappa shape index (κ1) is 23.8. The summed E-state index contributed by atoms with van der Waals surface area (Å²) in [4.78, 5) is 16.5. The van der Waals surface area contributed by atoms with Crippen molar-refractivity contribution in [1.82, 2.24) is 9.55 Å². The van der Waals surface area contributed by atoms with Gasteiger partial charge < -0.3 is 24.7 Å². The highest BCUT2D eigenvalue weighted by Crippen LogP contribution is 2.40. The van der Waals surface area contributed by atoms with Crippen molar-refractivity contribution in [2.75, 3.05) is 26.1 Å². The Bertz CT molecular complexity index is 735. The Morgan fingerprint density at radius 1 is 1.17 bits per heavy atom. The topological polar surface area (TPSA) is 97.8 Å². The van der Waals surface area contributed by atoms with Crippen LogP contribution in [0.25, 0.3) is 0 Å². The molecular weight excluding hydrogens is 374 g/mol. The van der Waals surface area contributed by atoms with Crippen molar-refractivity contribution in [1.29, 1.82) is 0 Å². The molecule has 0 aliphatic carbocycles. The van der Waals surface area contributed by atoms with E-state index in [0.29, 0.717) is 18.8 Å². The molecule has 2 N–H and O–H groups in total. The van der Waals surface area contributed by atoms with Crippen molar-refractivity contribution >= 4 is 5.82 Å². The van der Waals surface area contributed by atoms with Crippen molar-refractivity contribution in [2.45, 2.75) is 85.0 Å². The number of aromatic nitrogens is 2. The zero-order valence-corrected chi connectivity index (χ0v) is 19.0. The van der Waals surface area contributed by atoms with Crippen LogP contribution in [0.15, 0.2) is 11.0 Å². The molecule has 1 aromatic rings. The zero-order chi connectivity index (χ0) is 22.0. The first-order chi connectivity index (χ1) is 13.3. The predicted molar refractivity (Wildman–Crippen MR) is 112 cm³/mol. The van der Waals surface area contributed by atoms with Gasteiger partial charge in [0.25, 0.3) is 0 Å². The maximum absolute atomic E-state index is 12.6. The van der Waals surface area contributed by atoms with E-state index in [1.165, 1.54) is 4.57 Å². The lowest BCUT2D eigenvalue weighted by atomic mass is 9.87. The van der Waals surface area contributed by atoms with Crippen LogP contribution in [0, 0.1) is 12.3 Å². The Balaban J connectivity index is 2.46. The van der Waals surface area contributed by atoms with E-state index < -0.39 is 23.6 Å². The van der Waals surface area contributed by atoms with Gasteiger partial charge in [0, 0.05) is 18.9 Å². The number of rotatable bonds is 7. The second-order valence-corrected chi connectivity index (χ2v) is 9.85. The molecule has 1 unspecified atom stereocenters. The lowest BCUT2D eigenvalue weighted by Crippen LogP contribution is -2.44. The summed E-state index contributed by atoms with van der Waals surface area (Å²) in [5, 5.41) is 0. The van der Waals surface area contributed by atoms with Gasteiger partial charge in [0.15, 0.2) is 6.23 Å². The molecule has 1 saturated heterocycles. The highest BCUT2D eigenvalue weighted by molar-refractivity contribution is 5.35. The van der Waals surface area contributed by atoms with Gasteiger partial charge in [0.2, 0.25) is 0 Å². The minimum Gasteiger partial charge on any atom is -0.383 e. The summed E-state index contributed by atoms with van der Waals surface area (Å²) in [5.41, 5.74) is 5.65. The monoisotopic (exact) mass is 411 g/mol. The van der Waals surface area contributed by atoms with Gasteiger partial charge in [-0.3, -0.25) is 4.57 Å². The van der Waals surface area contributed by atoms with Crippen LogP contribution in [0.1, 0.15) is 59.8 Å². The molecule has 0 radical (unpaired) electrons. The maximum atomic E-state index is 12.6. The van der Waals surface area contributed by atoms with E-state index >= 15 is 0 Å². The molecule has 1 aromatic heterocycles. The second-order valence-electron chi connectivity index (χ2n) is 9.85. The molecule has 4 atom stereocenters. The minimum atomic E-state index is -0.661. The third-order valence-corrected chi connectivity index (χ3v) is 4.63. The highest BCUT2D eigenvalue weighted by atomic mass is 16.6. The summed E-state index contributed by atoms with van der Waals surface area (Å²) in [6, 6.07) is 0. The number of nitrogens with two attached hydrogens (primary N) is 1. The predicted octanol–water partition coefficient (Wildman–Crippen LogP) is 2.68. The summed E-state index contributed by atoms with van der Waals surface area (Å²) >= 11 is 0. The quantitative estimate of drug-likeness (QED) is 0.689. The number of nitrogens with zero attached hydrogens (tertiary/aromatic N) is 2. The van der Waals surface area contributed by atoms with Crippen LogP contribution in [-0.2, 0) is 18.9 Å². The fourth-order valence-electron chi connectivity index (χ4n) is 3.46. The third kappa shape index (κ3) is 6.50. The SMILES string of the molecule is COCCO[C@H]1C(OC(C)(C)C)[C@@H](CC(C)(C)C)O[C@H]1n1cc(C)c(N)nc1=O. The van der Waals surface area contributed by atoms with Crippen LogP contribution >= 0.6 is 0 Å². The van der Waals surface area contributed by atoms with Gasteiger partial charge in [-0.25, -0.2) is 4.79 Å². The first-order valence-corrected chi connectivity index (χ1v) is 10.1. The summed E-state index contributed by atoms with van der Waals surface area (Å²) in [6.45, 7) is 15.1. The van der Waals surface area contributed by atoms with E-state index in [2.05, 4.69) is 25.8 Å². The van der Waals surface area contributed by atoms with E-state index in [9.17, 15) is 4.79 Å². The smallest absolute Gasteiger partial charge is 0.351 e. The average molecular weight is 412 g/mol. The molecule has 0 amide bonds. The summed E-state index contributed by atoms with van der Waals surface area (Å²) < 4.78 is 25.5. The summed E-state index contributed by atoms with van der Waals surface area (Å²) in [7, 11) is 1.62. The van der Waals surface area contributed by atoms with Gasteiger partial charge in [-0.1, -0.05) is 20.8 Å². The Morgan fingerprint density at radius 3 is 2.38 bits per heavy atom. The van der Waals surface area contributed by atoms with E-state index in [1.807, 2.05) is 27.7 Å². The number of aryl methyl sites for hydroxylation is 1. The van der Waals surface area contributed by atoms with Crippen LogP contribution in [0.2, 0.25) is 0 Å². The van der Waals surface area contributed by atoms with Crippen molar-refractivity contribution < 1.29 is 18.9 Å². The van der Waals surface area contributed by atoms with Crippen LogP contribution < -0.4 is 11.4 Å². The number of hydrogen-bond acceptors (Lipinski definition) is 7. The minimum absolute atomic E-state index is 0.0103. The van der Waals surface area contributed by atoms with Gasteiger partial charge in [-0.05, 0) is 39.5 Å². The second kappa shape index (κ2) is 9.12. The van der Waals surface area contributed by atoms with Gasteiger partial charge in [0.05, 0.1) is 24.9 Å². The van der Waals surface area contributed by atoms with Crippen molar-refractivity contribution in [3.63, 3.8) is 0 Å². The van der Waals surface area contributed by atoms with Crippen LogP contribution in [0.4, 0.5) is 5.82 Å². The van der Waals surface area contributed by atoms with Crippen LogP contribution in [-0.4, -0.2) is 53.8 Å². The van der Waals surface area contributed by atoms with E-state index in [0.717, 1.165) is 6.42 Å². The van der Waals surface area contributed by atoms with E-state index in [-0.39, 0.29) is 23.4 Å². The van der Waals surface area contributed by atoms with E-state index in [4.69, 9.17) is 24.7 Å².